The quantitative estimate of drug-likeness (QED) is 0.603. The van der Waals surface area contributed by atoms with Gasteiger partial charge in [0.1, 0.15) is 6.61 Å². The van der Waals surface area contributed by atoms with E-state index in [9.17, 15) is 9.59 Å². The van der Waals surface area contributed by atoms with Crippen LogP contribution < -0.4 is 10.7 Å². The van der Waals surface area contributed by atoms with Crippen LogP contribution in [0.15, 0.2) is 47.3 Å². The maximum absolute atomic E-state index is 12.7. The van der Waals surface area contributed by atoms with E-state index in [1.807, 2.05) is 6.07 Å². The van der Waals surface area contributed by atoms with Gasteiger partial charge in [0, 0.05) is 23.4 Å². The number of aromatic amines is 1. The van der Waals surface area contributed by atoms with Gasteiger partial charge in [0.15, 0.2) is 5.69 Å². The highest BCUT2D eigenvalue weighted by Gasteiger charge is 2.15. The Morgan fingerprint density at radius 2 is 1.96 bits per heavy atom. The van der Waals surface area contributed by atoms with Crippen molar-refractivity contribution in [2.45, 2.75) is 13.0 Å². The van der Waals surface area contributed by atoms with Crippen molar-refractivity contribution < 1.29 is 9.90 Å². The number of aliphatic hydroxyl groups is 1. The van der Waals surface area contributed by atoms with Crippen LogP contribution in [0, 0.1) is 11.8 Å². The molecule has 136 valence electrons. The lowest BCUT2D eigenvalue weighted by atomic mass is 10.1. The number of para-hydroxylation sites is 1. The predicted molar refractivity (Wildman–Crippen MR) is 104 cm³/mol. The molecule has 0 spiro atoms. The molecule has 0 radical (unpaired) electrons. The summed E-state index contributed by atoms with van der Waals surface area (Å²) < 4.78 is 0. The van der Waals surface area contributed by atoms with Gasteiger partial charge in [-0.1, -0.05) is 47.7 Å². The van der Waals surface area contributed by atoms with Crippen LogP contribution in [0.4, 0.5) is 0 Å². The molecule has 0 aliphatic heterocycles. The highest BCUT2D eigenvalue weighted by molar-refractivity contribution is 6.30. The fourth-order valence-corrected chi connectivity index (χ4v) is 2.72. The first kappa shape index (κ1) is 18.6. The van der Waals surface area contributed by atoms with Crippen LogP contribution in [0.1, 0.15) is 21.6 Å². The molecular formula is C20H16ClN3O3. The van der Waals surface area contributed by atoms with Crippen molar-refractivity contribution >= 4 is 28.4 Å². The minimum atomic E-state index is -0.557. The minimum absolute atomic E-state index is 0.199. The van der Waals surface area contributed by atoms with E-state index in [1.165, 1.54) is 0 Å². The van der Waals surface area contributed by atoms with Gasteiger partial charge < -0.3 is 10.4 Å². The zero-order valence-electron chi connectivity index (χ0n) is 14.3. The van der Waals surface area contributed by atoms with Crippen molar-refractivity contribution in [3.8, 4) is 11.8 Å². The van der Waals surface area contributed by atoms with Crippen LogP contribution in [-0.2, 0) is 13.0 Å². The van der Waals surface area contributed by atoms with Gasteiger partial charge in [0.25, 0.3) is 5.91 Å². The molecule has 0 unspecified atom stereocenters. The molecule has 0 bridgehead atoms. The number of aliphatic hydroxyl groups excluding tert-OH is 1. The van der Waals surface area contributed by atoms with Crippen LogP contribution >= 0.6 is 11.6 Å². The maximum atomic E-state index is 12.7. The summed E-state index contributed by atoms with van der Waals surface area (Å²) in [5, 5.41) is 19.1. The van der Waals surface area contributed by atoms with E-state index in [-0.39, 0.29) is 18.8 Å². The zero-order valence-corrected chi connectivity index (χ0v) is 15.0. The van der Waals surface area contributed by atoms with Gasteiger partial charge in [-0.15, -0.1) is 0 Å². The smallest absolute Gasteiger partial charge is 0.276 e. The lowest BCUT2D eigenvalue weighted by Gasteiger charge is -2.07. The van der Waals surface area contributed by atoms with Gasteiger partial charge in [-0.05, 0) is 29.3 Å². The Bertz CT molecular complexity index is 1100. The standard InChI is InChI=1S/C20H16ClN3O3/c21-15-9-7-13(8-10-15)12-22-20(27)18-19(26)16-6-3-5-14(4-1-2-11-25)17(16)23-24-18/h3,5-10,25H,4,11-12H2,(H,22,27)(H,23,26). The van der Waals surface area contributed by atoms with Crippen LogP contribution in [-0.4, -0.2) is 27.8 Å². The third kappa shape index (κ3) is 4.34. The third-order valence-electron chi connectivity index (χ3n) is 3.95. The Balaban J connectivity index is 1.84. The number of hydrogen-bond donors (Lipinski definition) is 3. The van der Waals surface area contributed by atoms with Crippen molar-refractivity contribution in [1.29, 1.82) is 0 Å². The van der Waals surface area contributed by atoms with Crippen molar-refractivity contribution in [3.05, 3.63) is 74.5 Å². The molecule has 1 aromatic heterocycles. The second-order valence-corrected chi connectivity index (χ2v) is 6.18. The van der Waals surface area contributed by atoms with Crippen molar-refractivity contribution in [2.75, 3.05) is 6.61 Å². The highest BCUT2D eigenvalue weighted by atomic mass is 35.5. The molecule has 3 rings (SSSR count). The van der Waals surface area contributed by atoms with Gasteiger partial charge in [-0.3, -0.25) is 14.7 Å². The second kappa shape index (κ2) is 8.49. The monoisotopic (exact) mass is 381 g/mol. The molecule has 7 heteroatoms. The average Bonchev–Trinajstić information content (AvgIpc) is 2.68. The number of nitrogens with one attached hydrogen (secondary N) is 2. The number of amides is 1. The largest absolute Gasteiger partial charge is 0.384 e. The molecule has 6 nitrogen and oxygen atoms in total. The van der Waals surface area contributed by atoms with E-state index >= 15 is 0 Å². The minimum Gasteiger partial charge on any atom is -0.384 e. The van der Waals surface area contributed by atoms with E-state index < -0.39 is 11.3 Å². The first-order chi connectivity index (χ1) is 13.1. The number of carbonyl (C=O) groups excluding carboxylic acids is 1. The first-order valence-corrected chi connectivity index (χ1v) is 8.57. The van der Waals surface area contributed by atoms with Crippen LogP contribution in [0.2, 0.25) is 5.02 Å². The van der Waals surface area contributed by atoms with Crippen molar-refractivity contribution in [3.63, 3.8) is 0 Å². The third-order valence-corrected chi connectivity index (χ3v) is 4.21. The summed E-state index contributed by atoms with van der Waals surface area (Å²) in [5.74, 6) is 4.81. The van der Waals surface area contributed by atoms with Crippen molar-refractivity contribution in [1.82, 2.24) is 15.5 Å². The number of halogens is 1. The molecule has 27 heavy (non-hydrogen) atoms. The fraction of sp³-hybridized carbons (Fsp3) is 0.150. The van der Waals surface area contributed by atoms with Crippen LogP contribution in [0.25, 0.3) is 10.9 Å². The number of carbonyl (C=O) groups is 1. The van der Waals surface area contributed by atoms with Crippen LogP contribution in [0.3, 0.4) is 0 Å². The molecule has 0 saturated carbocycles. The van der Waals surface area contributed by atoms with Gasteiger partial charge in [-0.2, -0.15) is 5.10 Å². The normalized spacial score (nSPS) is 10.3. The molecule has 2 aromatic carbocycles. The predicted octanol–water partition coefficient (Wildman–Crippen LogP) is 2.04. The van der Waals surface area contributed by atoms with Gasteiger partial charge in [-0.25, -0.2) is 0 Å². The Morgan fingerprint density at radius 1 is 1.19 bits per heavy atom. The van der Waals surface area contributed by atoms with Crippen LogP contribution in [0.5, 0.6) is 0 Å². The van der Waals surface area contributed by atoms with Gasteiger partial charge >= 0.3 is 0 Å². The molecule has 0 saturated heterocycles. The van der Waals surface area contributed by atoms with Crippen molar-refractivity contribution in [2.24, 2.45) is 0 Å². The molecule has 1 heterocycles. The summed E-state index contributed by atoms with van der Waals surface area (Å²) in [6.45, 7) is 0.0312. The lowest BCUT2D eigenvalue weighted by molar-refractivity contribution is 0.0944. The first-order valence-electron chi connectivity index (χ1n) is 8.19. The fourth-order valence-electron chi connectivity index (χ4n) is 2.59. The van der Waals surface area contributed by atoms with Gasteiger partial charge in [0.05, 0.1) is 5.52 Å². The molecule has 3 N–H and O–H groups in total. The van der Waals surface area contributed by atoms with E-state index in [4.69, 9.17) is 16.7 Å². The number of aromatic nitrogens is 2. The Hall–Kier alpha value is -3.14. The average molecular weight is 382 g/mol. The summed E-state index contributed by atoms with van der Waals surface area (Å²) >= 11 is 5.84. The highest BCUT2D eigenvalue weighted by Crippen LogP contribution is 2.14. The second-order valence-electron chi connectivity index (χ2n) is 5.74. The number of H-pyrrole nitrogens is 1. The molecule has 0 aliphatic rings. The molecule has 1 amide bonds. The van der Waals surface area contributed by atoms with E-state index in [2.05, 4.69) is 27.4 Å². The number of rotatable bonds is 4. The van der Waals surface area contributed by atoms with Gasteiger partial charge in [0.2, 0.25) is 5.43 Å². The number of fused-ring (bicyclic) bond motifs is 1. The Kier molecular flexibility index (Phi) is 5.87. The molecule has 0 atom stereocenters. The Morgan fingerprint density at radius 3 is 2.70 bits per heavy atom. The topological polar surface area (TPSA) is 95.1 Å². The maximum Gasteiger partial charge on any atom is 0.276 e. The molecule has 0 aliphatic carbocycles. The zero-order chi connectivity index (χ0) is 19.2. The van der Waals surface area contributed by atoms with E-state index in [1.54, 1.807) is 36.4 Å². The molecular weight excluding hydrogens is 366 g/mol. The van der Waals surface area contributed by atoms with E-state index in [0.717, 1.165) is 11.1 Å². The number of benzene rings is 2. The summed E-state index contributed by atoms with van der Waals surface area (Å²) in [4.78, 5) is 25.0. The Labute approximate surface area is 160 Å². The SMILES string of the molecule is O=C(NCc1ccc(Cl)cc1)c1n[nH]c2c(CC#CCO)cccc2c1=O. The molecule has 0 fully saturated rings. The lowest BCUT2D eigenvalue weighted by Crippen LogP contribution is -2.30. The summed E-state index contributed by atoms with van der Waals surface area (Å²) in [6, 6.07) is 12.2. The number of nitrogens with zero attached hydrogens (tertiary/aromatic N) is 1. The molecule has 3 aromatic rings. The summed E-state index contributed by atoms with van der Waals surface area (Å²) in [5.41, 5.74) is 1.51. The summed E-state index contributed by atoms with van der Waals surface area (Å²) in [6.07, 6.45) is 0.359. The van der Waals surface area contributed by atoms with E-state index in [0.29, 0.717) is 22.3 Å². The number of hydrogen-bond acceptors (Lipinski definition) is 4. The summed E-state index contributed by atoms with van der Waals surface area (Å²) in [7, 11) is 0.